The van der Waals surface area contributed by atoms with Crippen LogP contribution in [-0.4, -0.2) is 5.78 Å². The Kier molecular flexibility index (Phi) is 2.96. The molecule has 2 aromatic rings. The molecule has 0 spiro atoms. The van der Waals surface area contributed by atoms with Crippen LogP contribution in [0.4, 0.5) is 0 Å². The van der Waals surface area contributed by atoms with E-state index in [-0.39, 0.29) is 5.78 Å². The van der Waals surface area contributed by atoms with E-state index in [4.69, 9.17) is 0 Å². The third-order valence-electron chi connectivity index (χ3n) is 2.98. The zero-order chi connectivity index (χ0) is 12.7. The highest BCUT2D eigenvalue weighted by molar-refractivity contribution is 9.12. The molecule has 3 heteroatoms. The molecule has 18 heavy (non-hydrogen) atoms. The summed E-state index contributed by atoms with van der Waals surface area (Å²) in [5.74, 6) is 0.0522. The second-order valence-corrected chi connectivity index (χ2v) is 5.78. The molecule has 0 amide bonds. The summed E-state index contributed by atoms with van der Waals surface area (Å²) in [6.07, 6.45) is 0. The normalized spacial score (nSPS) is 14.0. The number of halogens is 2. The molecule has 1 aliphatic rings. The Morgan fingerprint density at radius 3 is 2.28 bits per heavy atom. The van der Waals surface area contributed by atoms with Crippen molar-refractivity contribution in [2.75, 3.05) is 0 Å². The van der Waals surface area contributed by atoms with Crippen molar-refractivity contribution >= 4 is 43.2 Å². The molecule has 0 saturated carbocycles. The van der Waals surface area contributed by atoms with Gasteiger partial charge in [0.2, 0.25) is 5.78 Å². The molecule has 1 nitrogen and oxygen atoms in total. The number of carbonyl (C=O) groups excluding carboxylic acids is 1. The minimum atomic E-state index is 0.0522. The maximum atomic E-state index is 12.2. The third-order valence-corrected chi connectivity index (χ3v) is 4.23. The maximum Gasteiger partial charge on any atom is 0.201 e. The number of allylic oxidation sites excluding steroid dienone is 1. The number of carbonyl (C=O) groups is 1. The standard InChI is InChI=1S/C15H8Br2O/c16-10-6-7-11-12(8-10)13(14(17)15(11)18)9-4-2-1-3-5-9/h1-8H. The fraction of sp³-hybridized carbons (Fsp3) is 0. The molecular weight excluding hydrogens is 356 g/mol. The van der Waals surface area contributed by atoms with Gasteiger partial charge in [-0.1, -0.05) is 46.3 Å². The first-order valence-electron chi connectivity index (χ1n) is 5.48. The van der Waals surface area contributed by atoms with Gasteiger partial charge in [0.1, 0.15) is 0 Å². The Bertz CT molecular complexity index is 672. The number of hydrogen-bond acceptors (Lipinski definition) is 1. The van der Waals surface area contributed by atoms with Crippen molar-refractivity contribution in [3.05, 3.63) is 74.2 Å². The Balaban J connectivity index is 2.28. The zero-order valence-electron chi connectivity index (χ0n) is 9.28. The summed E-state index contributed by atoms with van der Waals surface area (Å²) in [6, 6.07) is 15.7. The second kappa shape index (κ2) is 4.48. The van der Waals surface area contributed by atoms with Crippen LogP contribution >= 0.6 is 31.9 Å². The van der Waals surface area contributed by atoms with E-state index in [0.29, 0.717) is 4.48 Å². The summed E-state index contributed by atoms with van der Waals surface area (Å²) in [4.78, 5) is 12.2. The van der Waals surface area contributed by atoms with Crippen molar-refractivity contribution in [1.29, 1.82) is 0 Å². The molecule has 0 saturated heterocycles. The molecular formula is C15H8Br2O. The van der Waals surface area contributed by atoms with E-state index in [1.54, 1.807) is 0 Å². The Morgan fingerprint density at radius 1 is 0.833 bits per heavy atom. The van der Waals surface area contributed by atoms with Crippen LogP contribution in [0.25, 0.3) is 5.57 Å². The SMILES string of the molecule is O=C1C(Br)=C(c2ccccc2)c2cc(Br)ccc21. The molecule has 0 fully saturated rings. The van der Waals surface area contributed by atoms with Gasteiger partial charge in [0.05, 0.1) is 4.48 Å². The molecule has 0 aromatic heterocycles. The van der Waals surface area contributed by atoms with Crippen molar-refractivity contribution in [2.45, 2.75) is 0 Å². The van der Waals surface area contributed by atoms with E-state index in [1.807, 2.05) is 48.5 Å². The third kappa shape index (κ3) is 1.78. The molecule has 1 aliphatic carbocycles. The number of ketones is 1. The van der Waals surface area contributed by atoms with Crippen molar-refractivity contribution < 1.29 is 4.79 Å². The van der Waals surface area contributed by atoms with Crippen molar-refractivity contribution in [2.24, 2.45) is 0 Å². The van der Waals surface area contributed by atoms with E-state index >= 15 is 0 Å². The van der Waals surface area contributed by atoms with Crippen LogP contribution in [0, 0.1) is 0 Å². The average Bonchev–Trinajstić information content (AvgIpc) is 2.63. The summed E-state index contributed by atoms with van der Waals surface area (Å²) in [7, 11) is 0. The number of hydrogen-bond donors (Lipinski definition) is 0. The molecule has 0 N–H and O–H groups in total. The zero-order valence-corrected chi connectivity index (χ0v) is 12.5. The van der Waals surface area contributed by atoms with Gasteiger partial charge in [0, 0.05) is 15.6 Å². The van der Waals surface area contributed by atoms with E-state index in [1.165, 1.54) is 0 Å². The molecule has 2 aromatic carbocycles. The number of Topliss-reactive ketones (excluding diaryl/α,β-unsaturated/α-hetero) is 1. The lowest BCUT2D eigenvalue weighted by atomic mass is 9.99. The minimum Gasteiger partial charge on any atom is -0.288 e. The summed E-state index contributed by atoms with van der Waals surface area (Å²) >= 11 is 6.88. The number of rotatable bonds is 1. The Labute approximate surface area is 122 Å². The number of fused-ring (bicyclic) bond motifs is 1. The van der Waals surface area contributed by atoms with Crippen molar-refractivity contribution in [3.63, 3.8) is 0 Å². The summed E-state index contributed by atoms with van der Waals surface area (Å²) in [6.45, 7) is 0. The fourth-order valence-electron chi connectivity index (χ4n) is 2.16. The summed E-state index contributed by atoms with van der Waals surface area (Å²) in [5.41, 5.74) is 3.75. The first-order valence-corrected chi connectivity index (χ1v) is 7.07. The largest absolute Gasteiger partial charge is 0.288 e. The summed E-state index contributed by atoms with van der Waals surface area (Å²) in [5, 5.41) is 0. The van der Waals surface area contributed by atoms with Crippen LogP contribution in [0.1, 0.15) is 21.5 Å². The van der Waals surface area contributed by atoms with Gasteiger partial charge >= 0.3 is 0 Å². The first-order chi connectivity index (χ1) is 8.68. The van der Waals surface area contributed by atoms with Gasteiger partial charge in [-0.2, -0.15) is 0 Å². The quantitative estimate of drug-likeness (QED) is 0.711. The highest BCUT2D eigenvalue weighted by Crippen LogP contribution is 2.40. The lowest BCUT2D eigenvalue weighted by Crippen LogP contribution is -1.93. The predicted molar refractivity (Wildman–Crippen MR) is 79.9 cm³/mol. The van der Waals surface area contributed by atoms with Crippen LogP contribution in [0.3, 0.4) is 0 Å². The minimum absolute atomic E-state index is 0.0522. The first kappa shape index (κ1) is 11.9. The van der Waals surface area contributed by atoms with Gasteiger partial charge in [0.15, 0.2) is 0 Å². The molecule has 0 atom stereocenters. The van der Waals surface area contributed by atoms with Gasteiger partial charge in [-0.05, 0) is 45.3 Å². The predicted octanol–water partition coefficient (Wildman–Crippen LogP) is 4.80. The highest BCUT2D eigenvalue weighted by atomic mass is 79.9. The van der Waals surface area contributed by atoms with Crippen LogP contribution < -0.4 is 0 Å². The van der Waals surface area contributed by atoms with Crippen LogP contribution in [0.15, 0.2) is 57.5 Å². The van der Waals surface area contributed by atoms with E-state index < -0.39 is 0 Å². The smallest absolute Gasteiger partial charge is 0.201 e. The topological polar surface area (TPSA) is 17.1 Å². The Morgan fingerprint density at radius 2 is 1.56 bits per heavy atom. The van der Waals surface area contributed by atoms with Gasteiger partial charge in [-0.25, -0.2) is 0 Å². The monoisotopic (exact) mass is 362 g/mol. The van der Waals surface area contributed by atoms with E-state index in [0.717, 1.165) is 26.7 Å². The Hall–Kier alpha value is -1.19. The fourth-order valence-corrected chi connectivity index (χ4v) is 3.18. The summed E-state index contributed by atoms with van der Waals surface area (Å²) < 4.78 is 1.62. The molecule has 0 unspecified atom stereocenters. The van der Waals surface area contributed by atoms with Crippen molar-refractivity contribution in [1.82, 2.24) is 0 Å². The molecule has 0 radical (unpaired) electrons. The maximum absolute atomic E-state index is 12.2. The van der Waals surface area contributed by atoms with Gasteiger partial charge in [-0.3, -0.25) is 4.79 Å². The lowest BCUT2D eigenvalue weighted by molar-refractivity contribution is 0.104. The lowest BCUT2D eigenvalue weighted by Gasteiger charge is -2.06. The van der Waals surface area contributed by atoms with Crippen LogP contribution in [-0.2, 0) is 0 Å². The molecule has 0 heterocycles. The van der Waals surface area contributed by atoms with Gasteiger partial charge < -0.3 is 0 Å². The van der Waals surface area contributed by atoms with E-state index in [2.05, 4.69) is 31.9 Å². The number of benzene rings is 2. The second-order valence-electron chi connectivity index (χ2n) is 4.07. The van der Waals surface area contributed by atoms with Crippen molar-refractivity contribution in [3.8, 4) is 0 Å². The molecule has 0 bridgehead atoms. The van der Waals surface area contributed by atoms with Crippen LogP contribution in [0.2, 0.25) is 0 Å². The highest BCUT2D eigenvalue weighted by Gasteiger charge is 2.28. The van der Waals surface area contributed by atoms with E-state index in [9.17, 15) is 4.79 Å². The molecule has 88 valence electrons. The average molecular weight is 364 g/mol. The molecule has 3 rings (SSSR count). The molecule has 0 aliphatic heterocycles. The van der Waals surface area contributed by atoms with Gasteiger partial charge in [-0.15, -0.1) is 0 Å². The van der Waals surface area contributed by atoms with Crippen LogP contribution in [0.5, 0.6) is 0 Å². The van der Waals surface area contributed by atoms with Gasteiger partial charge in [0.25, 0.3) is 0 Å².